The van der Waals surface area contributed by atoms with Gasteiger partial charge >= 0.3 is 0 Å². The van der Waals surface area contributed by atoms with Crippen LogP contribution >= 0.6 is 0 Å². The van der Waals surface area contributed by atoms with Crippen molar-refractivity contribution in [3.63, 3.8) is 0 Å². The van der Waals surface area contributed by atoms with Crippen molar-refractivity contribution in [1.82, 2.24) is 25.3 Å². The van der Waals surface area contributed by atoms with Gasteiger partial charge in [0.1, 0.15) is 17.8 Å². The van der Waals surface area contributed by atoms with E-state index >= 15 is 0 Å². The minimum Gasteiger partial charge on any atom is -0.355 e. The van der Waals surface area contributed by atoms with E-state index in [0.29, 0.717) is 12.0 Å². The predicted molar refractivity (Wildman–Crippen MR) is 96.0 cm³/mol. The van der Waals surface area contributed by atoms with Crippen molar-refractivity contribution < 1.29 is 0 Å². The highest BCUT2D eigenvalue weighted by Crippen LogP contribution is 2.28. The average Bonchev–Trinajstić information content (AvgIpc) is 3.06. The van der Waals surface area contributed by atoms with Crippen molar-refractivity contribution >= 4 is 16.9 Å². The molecule has 0 radical (unpaired) electrons. The first-order chi connectivity index (χ1) is 11.7. The molecule has 0 amide bonds. The highest BCUT2D eigenvalue weighted by molar-refractivity contribution is 5.92. The maximum atomic E-state index is 4.50. The summed E-state index contributed by atoms with van der Waals surface area (Å²) in [5, 5.41) is 4.56. The number of fused-ring (bicyclic) bond motifs is 1. The number of nitrogens with zero attached hydrogens (tertiary/aromatic N) is 4. The Morgan fingerprint density at radius 3 is 3.04 bits per heavy atom. The molecule has 0 bridgehead atoms. The maximum Gasteiger partial charge on any atom is 0.137 e. The average molecular weight is 322 g/mol. The zero-order valence-corrected chi connectivity index (χ0v) is 14.0. The maximum absolute atomic E-state index is 4.50. The normalized spacial score (nSPS) is 21.1. The highest BCUT2D eigenvalue weighted by Gasteiger charge is 2.26. The van der Waals surface area contributed by atoms with Crippen LogP contribution in [-0.4, -0.2) is 46.1 Å². The monoisotopic (exact) mass is 322 g/mol. The Bertz CT molecular complexity index is 842. The third-order valence-electron chi connectivity index (χ3n) is 5.03. The van der Waals surface area contributed by atoms with Gasteiger partial charge in [0.2, 0.25) is 0 Å². The fourth-order valence-corrected chi connectivity index (χ4v) is 3.52. The van der Waals surface area contributed by atoms with Gasteiger partial charge in [-0.05, 0) is 31.0 Å². The summed E-state index contributed by atoms with van der Waals surface area (Å²) >= 11 is 0. The Kier molecular flexibility index (Phi) is 3.90. The molecule has 0 saturated carbocycles. The number of hydrogen-bond donors (Lipinski definition) is 2. The molecule has 6 heteroatoms. The van der Waals surface area contributed by atoms with Gasteiger partial charge in [-0.25, -0.2) is 15.0 Å². The summed E-state index contributed by atoms with van der Waals surface area (Å²) in [7, 11) is 2.12. The molecule has 4 heterocycles. The topological polar surface area (TPSA) is 69.7 Å². The van der Waals surface area contributed by atoms with E-state index in [4.69, 9.17) is 0 Å². The number of hydrogen-bond acceptors (Lipinski definition) is 5. The molecule has 0 aliphatic carbocycles. The van der Waals surface area contributed by atoms with Gasteiger partial charge in [0.25, 0.3) is 0 Å². The molecule has 1 fully saturated rings. The van der Waals surface area contributed by atoms with Crippen molar-refractivity contribution in [2.75, 3.05) is 25.0 Å². The van der Waals surface area contributed by atoms with E-state index in [2.05, 4.69) is 56.3 Å². The predicted octanol–water partition coefficient (Wildman–Crippen LogP) is 2.45. The number of rotatable bonds is 3. The lowest BCUT2D eigenvalue weighted by molar-refractivity contribution is 0.337. The molecule has 124 valence electrons. The Hall–Kier alpha value is -2.47. The van der Waals surface area contributed by atoms with Crippen LogP contribution in [0, 0.1) is 5.92 Å². The molecule has 24 heavy (non-hydrogen) atoms. The van der Waals surface area contributed by atoms with Gasteiger partial charge in [-0.3, -0.25) is 0 Å². The first kappa shape index (κ1) is 15.1. The summed E-state index contributed by atoms with van der Waals surface area (Å²) in [4.78, 5) is 18.8. The van der Waals surface area contributed by atoms with Gasteiger partial charge in [0.05, 0.1) is 5.69 Å². The zero-order valence-electron chi connectivity index (χ0n) is 14.0. The van der Waals surface area contributed by atoms with E-state index in [1.54, 1.807) is 12.5 Å². The van der Waals surface area contributed by atoms with Gasteiger partial charge in [-0.2, -0.15) is 0 Å². The number of aromatic nitrogens is 4. The first-order valence-electron chi connectivity index (χ1n) is 8.42. The van der Waals surface area contributed by atoms with Crippen molar-refractivity contribution in [3.8, 4) is 11.3 Å². The van der Waals surface area contributed by atoms with Crippen molar-refractivity contribution in [1.29, 1.82) is 0 Å². The lowest BCUT2D eigenvalue weighted by atomic mass is 9.93. The number of anilines is 1. The first-order valence-corrected chi connectivity index (χ1v) is 8.42. The number of likely N-dealkylation sites (N-methyl/N-ethyl adjacent to an activating group) is 1. The summed E-state index contributed by atoms with van der Waals surface area (Å²) < 4.78 is 0. The molecular weight excluding hydrogens is 300 g/mol. The van der Waals surface area contributed by atoms with Gasteiger partial charge in [-0.1, -0.05) is 6.92 Å². The van der Waals surface area contributed by atoms with Crippen LogP contribution < -0.4 is 10.2 Å². The van der Waals surface area contributed by atoms with Crippen LogP contribution in [0.1, 0.15) is 13.3 Å². The van der Waals surface area contributed by atoms with Gasteiger partial charge in [-0.15, -0.1) is 0 Å². The fourth-order valence-electron chi connectivity index (χ4n) is 3.52. The molecule has 4 rings (SSSR count). The molecule has 0 spiro atoms. The Balaban J connectivity index is 1.68. The molecule has 2 atom stereocenters. The van der Waals surface area contributed by atoms with Crippen LogP contribution in [0.2, 0.25) is 0 Å². The van der Waals surface area contributed by atoms with E-state index < -0.39 is 0 Å². The van der Waals surface area contributed by atoms with Crippen LogP contribution in [-0.2, 0) is 0 Å². The molecule has 0 aromatic carbocycles. The summed E-state index contributed by atoms with van der Waals surface area (Å²) in [5.41, 5.74) is 2.86. The molecule has 2 N–H and O–H groups in total. The van der Waals surface area contributed by atoms with Crippen molar-refractivity contribution in [2.45, 2.75) is 19.4 Å². The van der Waals surface area contributed by atoms with Crippen LogP contribution in [0.5, 0.6) is 0 Å². The highest BCUT2D eigenvalue weighted by atomic mass is 15.2. The molecular formula is C18H22N6. The van der Waals surface area contributed by atoms with E-state index in [0.717, 1.165) is 41.2 Å². The molecule has 3 aromatic heterocycles. The summed E-state index contributed by atoms with van der Waals surface area (Å²) in [5.74, 6) is 1.60. The Morgan fingerprint density at radius 1 is 1.25 bits per heavy atom. The molecule has 1 unspecified atom stereocenters. The van der Waals surface area contributed by atoms with Crippen LogP contribution in [0.4, 0.5) is 5.82 Å². The second-order valence-electron chi connectivity index (χ2n) is 6.51. The number of pyridine rings is 1. The molecule has 1 aliphatic rings. The fraction of sp³-hybridized carbons (Fsp3) is 0.389. The third-order valence-corrected chi connectivity index (χ3v) is 5.03. The number of piperidine rings is 1. The van der Waals surface area contributed by atoms with Crippen LogP contribution in [0.3, 0.4) is 0 Å². The third kappa shape index (κ3) is 2.63. The van der Waals surface area contributed by atoms with Gasteiger partial charge in [0.15, 0.2) is 0 Å². The number of aromatic amines is 1. The number of nitrogens with one attached hydrogen (secondary N) is 2. The van der Waals surface area contributed by atoms with Crippen molar-refractivity contribution in [3.05, 3.63) is 36.9 Å². The summed E-state index contributed by atoms with van der Waals surface area (Å²) in [6.07, 6.45) is 6.60. The van der Waals surface area contributed by atoms with Gasteiger partial charge < -0.3 is 15.2 Å². The lowest BCUT2D eigenvalue weighted by Gasteiger charge is -2.37. The second kappa shape index (κ2) is 6.20. The SMILES string of the molecule is C[C@@H]1CCNCC1N(C)c1cc(-c2c[nH]c3ncccc23)ncn1. The summed E-state index contributed by atoms with van der Waals surface area (Å²) in [6.45, 7) is 4.41. The second-order valence-corrected chi connectivity index (χ2v) is 6.51. The Labute approximate surface area is 141 Å². The minimum atomic E-state index is 0.450. The molecule has 1 saturated heterocycles. The number of H-pyrrole nitrogens is 1. The molecule has 3 aromatic rings. The quantitative estimate of drug-likeness (QED) is 0.775. The molecule has 1 aliphatic heterocycles. The standard InChI is InChI=1S/C18H22N6/c1-12-5-7-19-10-16(12)24(2)17-8-15(22-11-23-17)14-9-21-18-13(14)4-3-6-20-18/h3-4,6,8-9,11-12,16,19H,5,7,10H2,1-2H3,(H,20,21)/t12-,16?/m1/s1. The van der Waals surface area contributed by atoms with Crippen molar-refractivity contribution in [2.24, 2.45) is 5.92 Å². The van der Waals surface area contributed by atoms with Crippen LogP contribution in [0.15, 0.2) is 36.9 Å². The zero-order chi connectivity index (χ0) is 16.5. The van der Waals surface area contributed by atoms with E-state index in [1.165, 1.54) is 6.42 Å². The van der Waals surface area contributed by atoms with Gasteiger partial charge in [0, 0.05) is 49.0 Å². The summed E-state index contributed by atoms with van der Waals surface area (Å²) in [6, 6.07) is 6.53. The van der Waals surface area contributed by atoms with E-state index in [-0.39, 0.29) is 0 Å². The lowest BCUT2D eigenvalue weighted by Crippen LogP contribution is -2.49. The molecule has 6 nitrogen and oxygen atoms in total. The van der Waals surface area contributed by atoms with E-state index in [1.807, 2.05) is 12.3 Å². The van der Waals surface area contributed by atoms with E-state index in [9.17, 15) is 0 Å². The Morgan fingerprint density at radius 2 is 2.17 bits per heavy atom. The largest absolute Gasteiger partial charge is 0.355 e. The minimum absolute atomic E-state index is 0.450. The van der Waals surface area contributed by atoms with Crippen LogP contribution in [0.25, 0.3) is 22.3 Å². The smallest absolute Gasteiger partial charge is 0.137 e.